The quantitative estimate of drug-likeness (QED) is 0.365. The van der Waals surface area contributed by atoms with E-state index in [1.54, 1.807) is 48.2 Å². The van der Waals surface area contributed by atoms with Crippen molar-refractivity contribution in [3.63, 3.8) is 0 Å². The Kier molecular flexibility index (Phi) is 7.99. The van der Waals surface area contributed by atoms with E-state index in [1.807, 2.05) is 57.2 Å². The predicted octanol–water partition coefficient (Wildman–Crippen LogP) is 4.72. The lowest BCUT2D eigenvalue weighted by Gasteiger charge is -2.25. The van der Waals surface area contributed by atoms with Crippen molar-refractivity contribution in [1.82, 2.24) is 5.32 Å². The second kappa shape index (κ2) is 10.7. The van der Waals surface area contributed by atoms with Gasteiger partial charge in [0.05, 0.1) is 10.6 Å². The molecule has 0 aromatic heterocycles. The molecule has 0 aliphatic carbocycles. The molecule has 0 radical (unpaired) electrons. The fourth-order valence-electron chi connectivity index (χ4n) is 3.10. The van der Waals surface area contributed by atoms with Gasteiger partial charge in [-0.15, -0.1) is 11.8 Å². The van der Waals surface area contributed by atoms with E-state index in [1.165, 1.54) is 4.31 Å². The van der Waals surface area contributed by atoms with E-state index in [-0.39, 0.29) is 17.3 Å². The van der Waals surface area contributed by atoms with Gasteiger partial charge < -0.3 is 5.32 Å². The molecule has 1 amide bonds. The third-order valence-corrected chi connectivity index (χ3v) is 7.91. The zero-order valence-electron chi connectivity index (χ0n) is 18.5. The van der Waals surface area contributed by atoms with E-state index < -0.39 is 10.0 Å². The lowest BCUT2D eigenvalue weighted by atomic mass is 10.1. The van der Waals surface area contributed by atoms with Crippen LogP contribution in [0.15, 0.2) is 82.6 Å². The molecule has 3 rings (SSSR count). The predicted molar refractivity (Wildman–Crippen MR) is 132 cm³/mol. The Bertz CT molecular complexity index is 1160. The Morgan fingerprint density at radius 2 is 1.59 bits per heavy atom. The number of thioether (sulfide) groups is 1. The first-order chi connectivity index (χ1) is 15.3. The molecule has 0 fully saturated rings. The van der Waals surface area contributed by atoms with Crippen LogP contribution in [0.5, 0.6) is 0 Å². The van der Waals surface area contributed by atoms with Crippen molar-refractivity contribution < 1.29 is 13.2 Å². The molecule has 0 aliphatic rings. The highest BCUT2D eigenvalue weighted by molar-refractivity contribution is 7.99. The minimum absolute atomic E-state index is 0.161. The number of amides is 1. The van der Waals surface area contributed by atoms with Gasteiger partial charge in [-0.1, -0.05) is 42.0 Å². The highest BCUT2D eigenvalue weighted by Crippen LogP contribution is 2.26. The van der Waals surface area contributed by atoms with E-state index in [4.69, 9.17) is 0 Å². The molecule has 0 saturated heterocycles. The van der Waals surface area contributed by atoms with Crippen LogP contribution in [-0.4, -0.2) is 33.2 Å². The zero-order chi connectivity index (χ0) is 23.1. The van der Waals surface area contributed by atoms with Crippen LogP contribution in [0.3, 0.4) is 0 Å². The molecule has 0 aliphatic heterocycles. The summed E-state index contributed by atoms with van der Waals surface area (Å²) in [5.74, 6) is 0.358. The van der Waals surface area contributed by atoms with Crippen LogP contribution in [-0.2, 0) is 14.8 Å². The molecule has 0 unspecified atom stereocenters. The molecule has 1 N–H and O–H groups in total. The molecule has 168 valence electrons. The van der Waals surface area contributed by atoms with Gasteiger partial charge in [-0.3, -0.25) is 9.10 Å². The average molecular weight is 469 g/mol. The molecule has 3 aromatic carbocycles. The topological polar surface area (TPSA) is 66.5 Å². The van der Waals surface area contributed by atoms with Gasteiger partial charge in [-0.25, -0.2) is 8.42 Å². The van der Waals surface area contributed by atoms with Crippen molar-refractivity contribution in [2.75, 3.05) is 23.1 Å². The summed E-state index contributed by atoms with van der Waals surface area (Å²) in [5, 5.41) is 2.85. The van der Waals surface area contributed by atoms with Crippen LogP contribution >= 0.6 is 11.8 Å². The maximum Gasteiger partial charge on any atom is 0.264 e. The molecule has 0 bridgehead atoms. The number of sulfonamides is 1. The van der Waals surface area contributed by atoms with Gasteiger partial charge in [0, 0.05) is 17.2 Å². The van der Waals surface area contributed by atoms with Gasteiger partial charge in [-0.2, -0.15) is 0 Å². The van der Waals surface area contributed by atoms with E-state index >= 15 is 0 Å². The number of carbonyl (C=O) groups is 1. The Balaban J connectivity index is 1.75. The minimum Gasteiger partial charge on any atom is -0.354 e. The summed E-state index contributed by atoms with van der Waals surface area (Å²) in [7, 11) is -3.90. The van der Waals surface area contributed by atoms with Crippen LogP contribution in [0.1, 0.15) is 16.7 Å². The number of nitrogens with one attached hydrogen (secondary N) is 1. The van der Waals surface area contributed by atoms with E-state index in [0.29, 0.717) is 18.0 Å². The molecular formula is C25H28N2O3S2. The average Bonchev–Trinajstić information content (AvgIpc) is 2.78. The summed E-state index contributed by atoms with van der Waals surface area (Å²) in [6.07, 6.45) is 0. The van der Waals surface area contributed by atoms with Crippen LogP contribution in [0.4, 0.5) is 5.69 Å². The van der Waals surface area contributed by atoms with Gasteiger partial charge in [0.25, 0.3) is 10.0 Å². The maximum atomic E-state index is 13.4. The van der Waals surface area contributed by atoms with Crippen molar-refractivity contribution in [2.45, 2.75) is 30.6 Å². The number of nitrogens with zero attached hydrogens (tertiary/aromatic N) is 1. The number of aryl methyl sites for hydroxylation is 3. The van der Waals surface area contributed by atoms with Gasteiger partial charge in [0.1, 0.15) is 6.54 Å². The number of anilines is 1. The lowest BCUT2D eigenvalue weighted by Crippen LogP contribution is -2.41. The summed E-state index contributed by atoms with van der Waals surface area (Å²) < 4.78 is 28.0. The molecule has 0 atom stereocenters. The smallest absolute Gasteiger partial charge is 0.264 e. The highest BCUT2D eigenvalue weighted by Gasteiger charge is 2.27. The van der Waals surface area contributed by atoms with Crippen LogP contribution in [0.2, 0.25) is 0 Å². The van der Waals surface area contributed by atoms with Crippen molar-refractivity contribution in [3.8, 4) is 0 Å². The van der Waals surface area contributed by atoms with Crippen LogP contribution in [0.25, 0.3) is 0 Å². The van der Waals surface area contributed by atoms with Crippen molar-refractivity contribution in [2.24, 2.45) is 0 Å². The summed E-state index contributed by atoms with van der Waals surface area (Å²) in [6, 6.07) is 22.0. The molecule has 0 heterocycles. The molecule has 7 heteroatoms. The minimum atomic E-state index is -3.90. The largest absolute Gasteiger partial charge is 0.354 e. The number of rotatable bonds is 9. The first kappa shape index (κ1) is 23.9. The summed E-state index contributed by atoms with van der Waals surface area (Å²) >= 11 is 1.64. The second-order valence-corrected chi connectivity index (χ2v) is 10.6. The van der Waals surface area contributed by atoms with E-state index in [0.717, 1.165) is 21.6 Å². The van der Waals surface area contributed by atoms with Gasteiger partial charge in [-0.05, 0) is 68.3 Å². The summed E-state index contributed by atoms with van der Waals surface area (Å²) in [4.78, 5) is 14.0. The second-order valence-electron chi connectivity index (χ2n) is 7.60. The monoisotopic (exact) mass is 468 g/mol. The molecular weight excluding hydrogens is 440 g/mol. The third kappa shape index (κ3) is 6.14. The van der Waals surface area contributed by atoms with Crippen molar-refractivity contribution in [1.29, 1.82) is 0 Å². The van der Waals surface area contributed by atoms with E-state index in [2.05, 4.69) is 5.32 Å². The molecule has 5 nitrogen and oxygen atoms in total. The first-order valence-corrected chi connectivity index (χ1v) is 12.8. The fraction of sp³-hybridized carbons (Fsp3) is 0.240. The molecule has 0 saturated carbocycles. The molecule has 3 aromatic rings. The number of benzene rings is 3. The zero-order valence-corrected chi connectivity index (χ0v) is 20.2. The van der Waals surface area contributed by atoms with Crippen LogP contribution in [0, 0.1) is 20.8 Å². The summed E-state index contributed by atoms with van der Waals surface area (Å²) in [5.41, 5.74) is 3.47. The maximum absolute atomic E-state index is 13.4. The molecule has 32 heavy (non-hydrogen) atoms. The highest BCUT2D eigenvalue weighted by atomic mass is 32.2. The number of hydrogen-bond acceptors (Lipinski definition) is 4. The van der Waals surface area contributed by atoms with E-state index in [9.17, 15) is 13.2 Å². The standard InChI is InChI=1S/C25H28N2O3S2/c1-19-9-13-24(14-10-19)32(29,30)27(22-12-11-20(2)21(3)17-22)18-25(28)26-15-16-31-23-7-5-4-6-8-23/h4-14,17H,15-16,18H2,1-3H3,(H,26,28). The number of carbonyl (C=O) groups excluding carboxylic acids is 1. The van der Waals surface area contributed by atoms with Crippen molar-refractivity contribution >= 4 is 33.4 Å². The molecule has 0 spiro atoms. The Labute approximate surface area is 194 Å². The lowest BCUT2D eigenvalue weighted by molar-refractivity contribution is -0.119. The van der Waals surface area contributed by atoms with Crippen LogP contribution < -0.4 is 9.62 Å². The first-order valence-electron chi connectivity index (χ1n) is 10.4. The Hall–Kier alpha value is -2.77. The van der Waals surface area contributed by atoms with Crippen molar-refractivity contribution in [3.05, 3.63) is 89.5 Å². The van der Waals surface area contributed by atoms with Gasteiger partial charge in [0.15, 0.2) is 0 Å². The normalized spacial score (nSPS) is 11.2. The number of hydrogen-bond donors (Lipinski definition) is 1. The summed E-state index contributed by atoms with van der Waals surface area (Å²) in [6.45, 7) is 5.96. The third-order valence-electron chi connectivity index (χ3n) is 5.11. The fourth-order valence-corrected chi connectivity index (χ4v) is 5.30. The Morgan fingerprint density at radius 3 is 2.25 bits per heavy atom. The SMILES string of the molecule is Cc1ccc(S(=O)(=O)N(CC(=O)NCCSc2ccccc2)c2ccc(C)c(C)c2)cc1. The van der Waals surface area contributed by atoms with Gasteiger partial charge in [0.2, 0.25) is 5.91 Å². The van der Waals surface area contributed by atoms with Gasteiger partial charge >= 0.3 is 0 Å². The Morgan fingerprint density at radius 1 is 0.906 bits per heavy atom.